The molecule has 0 fully saturated rings. The molecule has 0 aliphatic rings. The minimum atomic E-state index is -3.63. The van der Waals surface area contributed by atoms with Crippen molar-refractivity contribution in [2.45, 2.75) is 10.1 Å². The fourth-order valence-electron chi connectivity index (χ4n) is 2.54. The molecule has 0 spiro atoms. The van der Waals surface area contributed by atoms with Crippen LogP contribution in [-0.2, 0) is 14.6 Å². The standard InChI is InChI=1S/C20H19NO4S2/c22-20(15-25-16-8-3-1-4-9-16)21-14-19(18-12-7-13-26-18)27(23,24)17-10-5-2-6-11-17/h1-13,19H,14-15H2,(H,21,22)/t19-/m1/s1. The third kappa shape index (κ3) is 4.96. The topological polar surface area (TPSA) is 72.5 Å². The van der Waals surface area contributed by atoms with Crippen molar-refractivity contribution >= 4 is 27.1 Å². The highest BCUT2D eigenvalue weighted by molar-refractivity contribution is 7.91. The maximum atomic E-state index is 13.0. The zero-order chi connectivity index (χ0) is 19.1. The van der Waals surface area contributed by atoms with E-state index in [0.29, 0.717) is 10.6 Å². The van der Waals surface area contributed by atoms with Gasteiger partial charge in [0.25, 0.3) is 5.91 Å². The van der Waals surface area contributed by atoms with Crippen LogP contribution < -0.4 is 10.1 Å². The highest BCUT2D eigenvalue weighted by atomic mass is 32.2. The first kappa shape index (κ1) is 19.1. The second-order valence-electron chi connectivity index (χ2n) is 5.77. The van der Waals surface area contributed by atoms with Crippen molar-refractivity contribution in [2.75, 3.05) is 13.2 Å². The maximum absolute atomic E-state index is 13.0. The molecule has 2 aromatic carbocycles. The molecular formula is C20H19NO4S2. The smallest absolute Gasteiger partial charge is 0.257 e. The molecule has 0 aliphatic carbocycles. The number of amides is 1. The average molecular weight is 402 g/mol. The van der Waals surface area contributed by atoms with Gasteiger partial charge < -0.3 is 10.1 Å². The van der Waals surface area contributed by atoms with Gasteiger partial charge in [0, 0.05) is 11.4 Å². The Bertz CT molecular complexity index is 956. The van der Waals surface area contributed by atoms with Crippen molar-refractivity contribution in [3.8, 4) is 5.75 Å². The fraction of sp³-hybridized carbons (Fsp3) is 0.150. The van der Waals surface area contributed by atoms with E-state index in [1.165, 1.54) is 11.3 Å². The molecule has 0 saturated heterocycles. The summed E-state index contributed by atoms with van der Waals surface area (Å²) >= 11 is 1.35. The van der Waals surface area contributed by atoms with Crippen molar-refractivity contribution in [3.05, 3.63) is 83.1 Å². The second kappa shape index (κ2) is 8.83. The first-order chi connectivity index (χ1) is 13.1. The van der Waals surface area contributed by atoms with E-state index >= 15 is 0 Å². The number of carbonyl (C=O) groups is 1. The van der Waals surface area contributed by atoms with E-state index in [1.807, 2.05) is 23.6 Å². The molecule has 0 aliphatic heterocycles. The Kier molecular flexibility index (Phi) is 6.26. The molecule has 1 amide bonds. The molecule has 27 heavy (non-hydrogen) atoms. The molecule has 0 saturated carbocycles. The van der Waals surface area contributed by atoms with E-state index in [9.17, 15) is 13.2 Å². The number of rotatable bonds is 8. The number of carbonyl (C=O) groups excluding carboxylic acids is 1. The summed E-state index contributed by atoms with van der Waals surface area (Å²) in [5, 5.41) is 3.66. The van der Waals surface area contributed by atoms with Crippen molar-refractivity contribution in [1.82, 2.24) is 5.32 Å². The number of ether oxygens (including phenoxy) is 1. The molecule has 0 unspecified atom stereocenters. The van der Waals surface area contributed by atoms with Gasteiger partial charge in [0.1, 0.15) is 11.0 Å². The molecule has 3 aromatic rings. The number of hydrogen-bond acceptors (Lipinski definition) is 5. The van der Waals surface area contributed by atoms with Crippen molar-refractivity contribution in [1.29, 1.82) is 0 Å². The average Bonchev–Trinajstić information content (AvgIpc) is 3.22. The van der Waals surface area contributed by atoms with E-state index in [0.717, 1.165) is 0 Å². The first-order valence-electron chi connectivity index (χ1n) is 8.34. The number of sulfone groups is 1. The van der Waals surface area contributed by atoms with Gasteiger partial charge in [-0.15, -0.1) is 11.3 Å². The number of benzene rings is 2. The van der Waals surface area contributed by atoms with E-state index in [2.05, 4.69) is 5.32 Å². The molecule has 0 bridgehead atoms. The summed E-state index contributed by atoms with van der Waals surface area (Å²) < 4.78 is 31.5. The molecule has 1 atom stereocenters. The maximum Gasteiger partial charge on any atom is 0.257 e. The lowest BCUT2D eigenvalue weighted by Gasteiger charge is -2.17. The van der Waals surface area contributed by atoms with Gasteiger partial charge in [-0.25, -0.2) is 8.42 Å². The second-order valence-corrected chi connectivity index (χ2v) is 8.88. The van der Waals surface area contributed by atoms with Gasteiger partial charge in [0.05, 0.1) is 4.90 Å². The summed E-state index contributed by atoms with van der Waals surface area (Å²) in [6.07, 6.45) is 0. The summed E-state index contributed by atoms with van der Waals surface area (Å²) in [6.45, 7) is -0.193. The van der Waals surface area contributed by atoms with Gasteiger partial charge in [0.2, 0.25) is 0 Å². The fourth-order valence-corrected chi connectivity index (χ4v) is 5.34. The monoisotopic (exact) mass is 401 g/mol. The summed E-state index contributed by atoms with van der Waals surface area (Å²) in [6, 6.07) is 20.8. The van der Waals surface area contributed by atoms with Crippen LogP contribution in [0.5, 0.6) is 5.75 Å². The van der Waals surface area contributed by atoms with E-state index < -0.39 is 15.1 Å². The summed E-state index contributed by atoms with van der Waals surface area (Å²) in [7, 11) is -3.63. The number of nitrogens with one attached hydrogen (secondary N) is 1. The first-order valence-corrected chi connectivity index (χ1v) is 10.8. The zero-order valence-electron chi connectivity index (χ0n) is 14.4. The Morgan fingerprint density at radius 3 is 2.26 bits per heavy atom. The molecule has 140 valence electrons. The van der Waals surface area contributed by atoms with Crippen LogP contribution >= 0.6 is 11.3 Å². The van der Waals surface area contributed by atoms with Crippen LogP contribution in [-0.4, -0.2) is 27.5 Å². The number of hydrogen-bond donors (Lipinski definition) is 1. The molecule has 0 radical (unpaired) electrons. The zero-order valence-corrected chi connectivity index (χ0v) is 16.1. The van der Waals surface area contributed by atoms with Crippen LogP contribution in [0.2, 0.25) is 0 Å². The van der Waals surface area contributed by atoms with Crippen LogP contribution in [0.4, 0.5) is 0 Å². The highest BCUT2D eigenvalue weighted by Gasteiger charge is 2.30. The van der Waals surface area contributed by atoms with Gasteiger partial charge in [0.15, 0.2) is 16.4 Å². The SMILES string of the molecule is O=C(COc1ccccc1)NC[C@H](c1cccs1)S(=O)(=O)c1ccccc1. The van der Waals surface area contributed by atoms with E-state index in [1.54, 1.807) is 54.6 Å². The number of thiophene rings is 1. The van der Waals surface area contributed by atoms with Crippen molar-refractivity contribution in [3.63, 3.8) is 0 Å². The van der Waals surface area contributed by atoms with Gasteiger partial charge in [-0.2, -0.15) is 0 Å². The lowest BCUT2D eigenvalue weighted by atomic mass is 10.3. The Hall–Kier alpha value is -2.64. The lowest BCUT2D eigenvalue weighted by Crippen LogP contribution is -2.34. The Balaban J connectivity index is 1.69. The molecular weight excluding hydrogens is 382 g/mol. The van der Waals surface area contributed by atoms with E-state index in [-0.39, 0.29) is 24.0 Å². The highest BCUT2D eigenvalue weighted by Crippen LogP contribution is 2.31. The van der Waals surface area contributed by atoms with Crippen LogP contribution in [0, 0.1) is 0 Å². The Morgan fingerprint density at radius 1 is 0.963 bits per heavy atom. The predicted octanol–water partition coefficient (Wildman–Crippen LogP) is 3.46. The Morgan fingerprint density at radius 2 is 1.63 bits per heavy atom. The van der Waals surface area contributed by atoms with Gasteiger partial charge in [-0.3, -0.25) is 4.79 Å². The van der Waals surface area contributed by atoms with Crippen LogP contribution in [0.3, 0.4) is 0 Å². The van der Waals surface area contributed by atoms with Crippen molar-refractivity contribution < 1.29 is 17.9 Å². The summed E-state index contributed by atoms with van der Waals surface area (Å²) in [5.74, 6) is 0.211. The molecule has 1 aromatic heterocycles. The third-order valence-corrected chi connectivity index (χ3v) is 7.14. The minimum absolute atomic E-state index is 0.0191. The van der Waals surface area contributed by atoms with Gasteiger partial charge in [-0.1, -0.05) is 42.5 Å². The van der Waals surface area contributed by atoms with Gasteiger partial charge in [-0.05, 0) is 35.7 Å². The molecule has 5 nitrogen and oxygen atoms in total. The van der Waals surface area contributed by atoms with Crippen LogP contribution in [0.15, 0.2) is 83.1 Å². The predicted molar refractivity (Wildman–Crippen MR) is 106 cm³/mol. The summed E-state index contributed by atoms with van der Waals surface area (Å²) in [4.78, 5) is 13.0. The quantitative estimate of drug-likeness (QED) is 0.627. The van der Waals surface area contributed by atoms with Crippen molar-refractivity contribution in [2.24, 2.45) is 0 Å². The van der Waals surface area contributed by atoms with Gasteiger partial charge >= 0.3 is 0 Å². The van der Waals surface area contributed by atoms with Crippen LogP contribution in [0.1, 0.15) is 10.1 Å². The molecule has 1 N–H and O–H groups in total. The summed E-state index contributed by atoms with van der Waals surface area (Å²) in [5.41, 5.74) is 0. The van der Waals surface area contributed by atoms with E-state index in [4.69, 9.17) is 4.74 Å². The minimum Gasteiger partial charge on any atom is -0.484 e. The molecule has 3 rings (SSSR count). The largest absolute Gasteiger partial charge is 0.484 e. The lowest BCUT2D eigenvalue weighted by molar-refractivity contribution is -0.123. The third-order valence-electron chi connectivity index (χ3n) is 3.90. The molecule has 1 heterocycles. The van der Waals surface area contributed by atoms with Crippen LogP contribution in [0.25, 0.3) is 0 Å². The normalized spacial score (nSPS) is 12.3. The Labute approximate surface area is 162 Å². The number of para-hydroxylation sites is 1. The molecule has 7 heteroatoms.